The van der Waals surface area contributed by atoms with Crippen molar-refractivity contribution in [2.75, 3.05) is 6.61 Å². The molecule has 0 radical (unpaired) electrons. The third-order valence-corrected chi connectivity index (χ3v) is 7.73. The fraction of sp³-hybridized carbons (Fsp3) is 1.00. The quantitative estimate of drug-likeness (QED) is 0.710. The maximum atomic E-state index is 12.6. The van der Waals surface area contributed by atoms with Crippen molar-refractivity contribution in [2.45, 2.75) is 57.6 Å². The van der Waals surface area contributed by atoms with Gasteiger partial charge in [0.05, 0.1) is 0 Å². The summed E-state index contributed by atoms with van der Waals surface area (Å²) in [6, 6.07) is 2.04. The molecule has 0 aromatic carbocycles. The lowest BCUT2D eigenvalue weighted by molar-refractivity contribution is -0.201. The Hall–Kier alpha value is -0.0731. The standard InChI is InChI=1S/C10H21F3O2Si/c1-4-16(5-2,6-3)15-9(7-8-14)10(11,12)13/h9,14H,4-8H2,1-3H3/t9-/m1/s1. The van der Waals surface area contributed by atoms with Crippen molar-refractivity contribution in [1.82, 2.24) is 0 Å². The second-order valence-electron chi connectivity index (χ2n) is 3.90. The Morgan fingerprint density at radius 3 is 1.81 bits per heavy atom. The van der Waals surface area contributed by atoms with Gasteiger partial charge in [-0.15, -0.1) is 0 Å². The summed E-state index contributed by atoms with van der Waals surface area (Å²) in [6.45, 7) is 5.15. The summed E-state index contributed by atoms with van der Waals surface area (Å²) < 4.78 is 43.2. The largest absolute Gasteiger partial charge is 0.413 e. The number of halogens is 3. The molecule has 16 heavy (non-hydrogen) atoms. The van der Waals surface area contributed by atoms with Gasteiger partial charge in [0.2, 0.25) is 0 Å². The van der Waals surface area contributed by atoms with Crippen LogP contribution in [0.2, 0.25) is 18.1 Å². The third kappa shape index (κ3) is 4.43. The molecule has 0 fully saturated rings. The van der Waals surface area contributed by atoms with Gasteiger partial charge in [-0.2, -0.15) is 13.2 Å². The zero-order valence-corrected chi connectivity index (χ0v) is 11.1. The molecule has 0 bridgehead atoms. The molecule has 0 saturated carbocycles. The van der Waals surface area contributed by atoms with Crippen molar-refractivity contribution in [3.8, 4) is 0 Å². The minimum Gasteiger partial charge on any atom is -0.405 e. The lowest BCUT2D eigenvalue weighted by Crippen LogP contribution is -2.45. The van der Waals surface area contributed by atoms with Crippen molar-refractivity contribution in [1.29, 1.82) is 0 Å². The van der Waals surface area contributed by atoms with Gasteiger partial charge in [0.1, 0.15) is 6.10 Å². The molecule has 98 valence electrons. The van der Waals surface area contributed by atoms with Crippen LogP contribution in [0, 0.1) is 0 Å². The van der Waals surface area contributed by atoms with E-state index in [0.717, 1.165) is 0 Å². The van der Waals surface area contributed by atoms with Gasteiger partial charge in [-0.3, -0.25) is 0 Å². The minimum absolute atomic E-state index is 0.363. The number of alkyl halides is 3. The van der Waals surface area contributed by atoms with Crippen LogP contribution in [0.1, 0.15) is 27.2 Å². The van der Waals surface area contributed by atoms with E-state index >= 15 is 0 Å². The zero-order valence-electron chi connectivity index (χ0n) is 10.1. The predicted molar refractivity (Wildman–Crippen MR) is 59.8 cm³/mol. The molecule has 0 aromatic heterocycles. The van der Waals surface area contributed by atoms with Crippen LogP contribution in [0.3, 0.4) is 0 Å². The molecule has 0 aromatic rings. The molecule has 0 rings (SSSR count). The van der Waals surface area contributed by atoms with Gasteiger partial charge in [0, 0.05) is 13.0 Å². The molecule has 0 unspecified atom stereocenters. The van der Waals surface area contributed by atoms with Crippen molar-refractivity contribution in [3.63, 3.8) is 0 Å². The topological polar surface area (TPSA) is 29.5 Å². The normalized spacial score (nSPS) is 15.2. The Bertz CT molecular complexity index is 185. The molecule has 0 aliphatic heterocycles. The Morgan fingerprint density at radius 2 is 1.56 bits per heavy atom. The smallest absolute Gasteiger partial charge is 0.405 e. The average molecular weight is 258 g/mol. The number of rotatable bonds is 7. The van der Waals surface area contributed by atoms with Gasteiger partial charge in [-0.25, -0.2) is 0 Å². The summed E-state index contributed by atoms with van der Waals surface area (Å²) in [5.41, 5.74) is 0. The highest BCUT2D eigenvalue weighted by Crippen LogP contribution is 2.32. The average Bonchev–Trinajstić information content (AvgIpc) is 2.23. The fourth-order valence-corrected chi connectivity index (χ4v) is 4.56. The van der Waals surface area contributed by atoms with Gasteiger partial charge in [0.25, 0.3) is 0 Å². The van der Waals surface area contributed by atoms with E-state index in [-0.39, 0.29) is 6.42 Å². The number of aliphatic hydroxyl groups is 1. The van der Waals surface area contributed by atoms with Crippen LogP contribution < -0.4 is 0 Å². The predicted octanol–water partition coefficient (Wildman–Crippen LogP) is 3.32. The Kier molecular flexibility index (Phi) is 6.58. The first-order valence-electron chi connectivity index (χ1n) is 5.70. The zero-order chi connectivity index (χ0) is 12.8. The van der Waals surface area contributed by atoms with E-state index in [9.17, 15) is 13.2 Å². The Labute approximate surface area is 95.9 Å². The second kappa shape index (κ2) is 6.61. The molecule has 0 amide bonds. The van der Waals surface area contributed by atoms with E-state index in [1.54, 1.807) is 0 Å². The molecule has 0 saturated heterocycles. The van der Waals surface area contributed by atoms with Gasteiger partial charge >= 0.3 is 6.18 Å². The molecule has 0 spiro atoms. The first-order chi connectivity index (χ1) is 7.35. The summed E-state index contributed by atoms with van der Waals surface area (Å²) in [6.07, 6.45) is -6.54. The summed E-state index contributed by atoms with van der Waals surface area (Å²) in [5, 5.41) is 8.65. The molecule has 1 atom stereocenters. The Morgan fingerprint density at radius 1 is 1.12 bits per heavy atom. The van der Waals surface area contributed by atoms with E-state index in [2.05, 4.69) is 0 Å². The molecular weight excluding hydrogens is 237 g/mol. The highest BCUT2D eigenvalue weighted by molar-refractivity contribution is 6.73. The van der Waals surface area contributed by atoms with Gasteiger partial charge in [0.15, 0.2) is 8.32 Å². The molecular formula is C10H21F3O2Si. The molecule has 0 aliphatic carbocycles. The first kappa shape index (κ1) is 15.9. The molecule has 6 heteroatoms. The van der Waals surface area contributed by atoms with Crippen molar-refractivity contribution in [2.24, 2.45) is 0 Å². The van der Waals surface area contributed by atoms with E-state index < -0.39 is 27.2 Å². The van der Waals surface area contributed by atoms with E-state index in [4.69, 9.17) is 9.53 Å². The molecule has 2 nitrogen and oxygen atoms in total. The number of aliphatic hydroxyl groups excluding tert-OH is 1. The van der Waals surface area contributed by atoms with Crippen molar-refractivity contribution >= 4 is 8.32 Å². The first-order valence-corrected chi connectivity index (χ1v) is 8.23. The van der Waals surface area contributed by atoms with Crippen LogP contribution >= 0.6 is 0 Å². The third-order valence-electron chi connectivity index (χ3n) is 3.08. The van der Waals surface area contributed by atoms with Gasteiger partial charge in [-0.1, -0.05) is 20.8 Å². The van der Waals surface area contributed by atoms with Crippen molar-refractivity contribution in [3.05, 3.63) is 0 Å². The van der Waals surface area contributed by atoms with Crippen LogP contribution in [0.25, 0.3) is 0 Å². The van der Waals surface area contributed by atoms with Crippen LogP contribution in [0.15, 0.2) is 0 Å². The highest BCUT2D eigenvalue weighted by atomic mass is 28.4. The number of hydrogen-bond donors (Lipinski definition) is 1. The minimum atomic E-state index is -4.37. The van der Waals surface area contributed by atoms with E-state index in [1.807, 2.05) is 20.8 Å². The van der Waals surface area contributed by atoms with E-state index in [1.165, 1.54) is 0 Å². The molecule has 0 heterocycles. The van der Waals surface area contributed by atoms with Gasteiger partial charge < -0.3 is 9.53 Å². The van der Waals surface area contributed by atoms with Crippen LogP contribution in [0.5, 0.6) is 0 Å². The lowest BCUT2D eigenvalue weighted by Gasteiger charge is -2.33. The summed E-state index contributed by atoms with van der Waals surface area (Å²) in [5.74, 6) is 0. The molecule has 1 N–H and O–H groups in total. The number of hydrogen-bond acceptors (Lipinski definition) is 2. The summed E-state index contributed by atoms with van der Waals surface area (Å²) in [4.78, 5) is 0. The SMILES string of the molecule is CC[Si](CC)(CC)O[C@H](CCO)C(F)(F)F. The van der Waals surface area contributed by atoms with Crippen LogP contribution in [-0.4, -0.2) is 32.3 Å². The van der Waals surface area contributed by atoms with Crippen LogP contribution in [-0.2, 0) is 4.43 Å². The highest BCUT2D eigenvalue weighted by Gasteiger charge is 2.44. The maximum Gasteiger partial charge on any atom is 0.413 e. The monoisotopic (exact) mass is 258 g/mol. The molecule has 0 aliphatic rings. The summed E-state index contributed by atoms with van der Waals surface area (Å²) in [7, 11) is -2.26. The lowest BCUT2D eigenvalue weighted by atomic mass is 10.2. The Balaban J connectivity index is 4.70. The van der Waals surface area contributed by atoms with Crippen LogP contribution in [0.4, 0.5) is 13.2 Å². The second-order valence-corrected chi connectivity index (χ2v) is 8.63. The van der Waals surface area contributed by atoms with Gasteiger partial charge in [-0.05, 0) is 18.1 Å². The summed E-state index contributed by atoms with van der Waals surface area (Å²) >= 11 is 0. The van der Waals surface area contributed by atoms with E-state index in [0.29, 0.717) is 18.1 Å². The fourth-order valence-electron chi connectivity index (χ4n) is 1.71. The maximum absolute atomic E-state index is 12.6. The van der Waals surface area contributed by atoms with Crippen molar-refractivity contribution < 1.29 is 22.7 Å².